The second-order valence-corrected chi connectivity index (χ2v) is 5.76. The van der Waals surface area contributed by atoms with Crippen LogP contribution in [0.15, 0.2) is 72.9 Å². The van der Waals surface area contributed by atoms with Crippen LogP contribution in [0.4, 0.5) is 4.39 Å². The van der Waals surface area contributed by atoms with E-state index in [9.17, 15) is 24.5 Å². The third-order valence-electron chi connectivity index (χ3n) is 3.35. The maximum absolute atomic E-state index is 12.8. The number of halogens is 1. The summed E-state index contributed by atoms with van der Waals surface area (Å²) >= 11 is 0. The summed E-state index contributed by atoms with van der Waals surface area (Å²) in [6.45, 7) is 0.00422. The fourth-order valence-electron chi connectivity index (χ4n) is 1.88. The Labute approximate surface area is 168 Å². The van der Waals surface area contributed by atoms with Crippen molar-refractivity contribution in [3.63, 3.8) is 0 Å². The first-order valence-electron chi connectivity index (χ1n) is 8.71. The van der Waals surface area contributed by atoms with Gasteiger partial charge in [-0.15, -0.1) is 0 Å². The molecule has 29 heavy (non-hydrogen) atoms. The Morgan fingerprint density at radius 1 is 1.07 bits per heavy atom. The highest BCUT2D eigenvalue weighted by Gasteiger charge is 2.10. The van der Waals surface area contributed by atoms with Crippen LogP contribution in [0.25, 0.3) is 0 Å². The number of allylic oxidation sites excluding steroid dienone is 4. The number of benzene rings is 1. The van der Waals surface area contributed by atoms with Crippen molar-refractivity contribution >= 4 is 5.97 Å². The Kier molecular flexibility index (Phi) is 11.4. The highest BCUT2D eigenvalue weighted by molar-refractivity contribution is 5.79. The standard InChI is InChI=1S/C22H23FO6/c23-17-12-14-19(15-13-17)29-16-18(24)8-5-3-1-2-4-6-9-20(25)21(26)10-7-11-22(27)28/h2,4-9,11-15,18,20-21,24-26H,10,16H2,(H,27,28)/t18-,20+,21-/m0/s1. The maximum atomic E-state index is 12.8. The van der Waals surface area contributed by atoms with Gasteiger partial charge < -0.3 is 25.2 Å². The number of aliphatic hydroxyl groups is 3. The van der Waals surface area contributed by atoms with Gasteiger partial charge in [0.1, 0.15) is 24.3 Å². The van der Waals surface area contributed by atoms with Crippen molar-refractivity contribution in [3.05, 3.63) is 78.7 Å². The van der Waals surface area contributed by atoms with Crippen LogP contribution in [0, 0.1) is 17.7 Å². The van der Waals surface area contributed by atoms with Gasteiger partial charge in [-0.25, -0.2) is 9.18 Å². The highest BCUT2D eigenvalue weighted by Crippen LogP contribution is 2.11. The molecular formula is C22H23FO6. The molecule has 0 aromatic heterocycles. The third-order valence-corrected chi connectivity index (χ3v) is 3.35. The average Bonchev–Trinajstić information content (AvgIpc) is 2.69. The van der Waals surface area contributed by atoms with E-state index in [-0.39, 0.29) is 18.8 Å². The topological polar surface area (TPSA) is 107 Å². The van der Waals surface area contributed by atoms with Crippen molar-refractivity contribution in [1.82, 2.24) is 0 Å². The van der Waals surface area contributed by atoms with Gasteiger partial charge in [0.2, 0.25) is 0 Å². The lowest BCUT2D eigenvalue weighted by molar-refractivity contribution is -0.131. The minimum Gasteiger partial charge on any atom is -0.491 e. The van der Waals surface area contributed by atoms with Gasteiger partial charge >= 0.3 is 5.97 Å². The molecule has 7 heteroatoms. The first-order valence-corrected chi connectivity index (χ1v) is 8.71. The van der Waals surface area contributed by atoms with Crippen molar-refractivity contribution in [3.8, 4) is 17.6 Å². The summed E-state index contributed by atoms with van der Waals surface area (Å²) in [5, 5.41) is 37.5. The predicted octanol–water partition coefficient (Wildman–Crippen LogP) is 1.99. The summed E-state index contributed by atoms with van der Waals surface area (Å²) < 4.78 is 18.1. The molecule has 154 valence electrons. The molecule has 0 unspecified atom stereocenters. The fourth-order valence-corrected chi connectivity index (χ4v) is 1.88. The number of aliphatic hydroxyl groups excluding tert-OH is 3. The van der Waals surface area contributed by atoms with E-state index in [0.29, 0.717) is 5.75 Å². The summed E-state index contributed by atoms with van der Waals surface area (Å²) in [5.41, 5.74) is 0. The van der Waals surface area contributed by atoms with Gasteiger partial charge in [-0.2, -0.15) is 0 Å². The molecule has 3 atom stereocenters. The number of carbonyl (C=O) groups is 1. The van der Waals surface area contributed by atoms with Gasteiger partial charge in [0.25, 0.3) is 0 Å². The zero-order valence-corrected chi connectivity index (χ0v) is 15.6. The molecule has 1 aromatic rings. The van der Waals surface area contributed by atoms with Crippen molar-refractivity contribution < 1.29 is 34.3 Å². The molecule has 0 saturated carbocycles. The summed E-state index contributed by atoms with van der Waals surface area (Å²) in [6, 6.07) is 5.46. The molecule has 0 spiro atoms. The van der Waals surface area contributed by atoms with E-state index in [2.05, 4.69) is 11.8 Å². The van der Waals surface area contributed by atoms with E-state index >= 15 is 0 Å². The summed E-state index contributed by atoms with van der Waals surface area (Å²) in [4.78, 5) is 10.3. The molecule has 0 amide bonds. The van der Waals surface area contributed by atoms with Crippen LogP contribution >= 0.6 is 0 Å². The van der Waals surface area contributed by atoms with E-state index < -0.39 is 24.3 Å². The first-order chi connectivity index (χ1) is 13.9. The van der Waals surface area contributed by atoms with E-state index in [1.165, 1.54) is 60.7 Å². The number of aliphatic carboxylic acids is 1. The van der Waals surface area contributed by atoms with Gasteiger partial charge in [-0.05, 0) is 48.9 Å². The Bertz CT molecular complexity index is 799. The molecule has 0 aliphatic rings. The molecule has 1 aromatic carbocycles. The fraction of sp³-hybridized carbons (Fsp3) is 0.227. The molecule has 0 heterocycles. The van der Waals surface area contributed by atoms with Gasteiger partial charge in [-0.1, -0.05) is 36.1 Å². The molecular weight excluding hydrogens is 379 g/mol. The zero-order chi connectivity index (χ0) is 21.5. The average molecular weight is 402 g/mol. The zero-order valence-electron chi connectivity index (χ0n) is 15.6. The summed E-state index contributed by atoms with van der Waals surface area (Å²) in [7, 11) is 0. The van der Waals surface area contributed by atoms with Crippen LogP contribution in [0.3, 0.4) is 0 Å². The normalized spacial score (nSPS) is 14.9. The van der Waals surface area contributed by atoms with Crippen LogP contribution in [0.5, 0.6) is 5.75 Å². The molecule has 0 saturated heterocycles. The third kappa shape index (κ3) is 12.0. The highest BCUT2D eigenvalue weighted by atomic mass is 19.1. The van der Waals surface area contributed by atoms with Crippen LogP contribution in [-0.2, 0) is 4.79 Å². The van der Waals surface area contributed by atoms with Crippen molar-refractivity contribution in [2.45, 2.75) is 24.7 Å². The number of carboxylic acids is 1. The number of hydrogen-bond donors (Lipinski definition) is 4. The van der Waals surface area contributed by atoms with Crippen LogP contribution in [0.1, 0.15) is 6.42 Å². The van der Waals surface area contributed by atoms with Crippen molar-refractivity contribution in [2.75, 3.05) is 6.61 Å². The molecule has 1 rings (SSSR count). The van der Waals surface area contributed by atoms with Crippen LogP contribution in [-0.4, -0.2) is 51.3 Å². The summed E-state index contributed by atoms with van der Waals surface area (Å²) in [6.07, 6.45) is 7.87. The van der Waals surface area contributed by atoms with Crippen molar-refractivity contribution in [2.24, 2.45) is 0 Å². The molecule has 0 fully saturated rings. The lowest BCUT2D eigenvalue weighted by Crippen LogP contribution is -2.22. The van der Waals surface area contributed by atoms with Crippen LogP contribution in [0.2, 0.25) is 0 Å². The maximum Gasteiger partial charge on any atom is 0.327 e. The van der Waals surface area contributed by atoms with E-state index in [1.807, 2.05) is 0 Å². The Morgan fingerprint density at radius 3 is 2.45 bits per heavy atom. The SMILES string of the molecule is O=C(O)C=CC[C@H](O)[C@H](O)C=CC=CC#CC=C[C@H](O)COc1ccc(F)cc1. The minimum absolute atomic E-state index is 0.00422. The second-order valence-electron chi connectivity index (χ2n) is 5.76. The monoisotopic (exact) mass is 402 g/mol. The number of ether oxygens (including phenoxy) is 1. The van der Waals surface area contributed by atoms with Crippen molar-refractivity contribution in [1.29, 1.82) is 0 Å². The number of rotatable bonds is 10. The molecule has 0 bridgehead atoms. The van der Waals surface area contributed by atoms with Crippen LogP contribution < -0.4 is 4.74 Å². The lowest BCUT2D eigenvalue weighted by atomic mass is 10.1. The molecule has 4 N–H and O–H groups in total. The molecule has 6 nitrogen and oxygen atoms in total. The van der Waals surface area contributed by atoms with E-state index in [4.69, 9.17) is 9.84 Å². The first kappa shape index (κ1) is 23.9. The Hall–Kier alpha value is -3.18. The molecule has 0 aliphatic carbocycles. The minimum atomic E-state index is -1.14. The second kappa shape index (κ2) is 13.9. The number of carboxylic acid groups (broad SMARTS) is 1. The van der Waals surface area contributed by atoms with E-state index in [1.54, 1.807) is 6.08 Å². The largest absolute Gasteiger partial charge is 0.491 e. The van der Waals surface area contributed by atoms with Gasteiger partial charge in [0.15, 0.2) is 0 Å². The Morgan fingerprint density at radius 2 is 1.76 bits per heavy atom. The predicted molar refractivity (Wildman–Crippen MR) is 107 cm³/mol. The van der Waals surface area contributed by atoms with E-state index in [0.717, 1.165) is 6.08 Å². The smallest absolute Gasteiger partial charge is 0.327 e. The lowest BCUT2D eigenvalue weighted by Gasteiger charge is -2.11. The Balaban J connectivity index is 2.30. The molecule has 0 aliphatic heterocycles. The summed E-state index contributed by atoms with van der Waals surface area (Å²) in [5.74, 6) is 4.33. The quantitative estimate of drug-likeness (QED) is 0.271. The number of hydrogen-bond acceptors (Lipinski definition) is 5. The van der Waals surface area contributed by atoms with Gasteiger partial charge in [-0.3, -0.25) is 0 Å². The van der Waals surface area contributed by atoms with Gasteiger partial charge in [0.05, 0.1) is 12.2 Å². The van der Waals surface area contributed by atoms with Gasteiger partial charge in [0, 0.05) is 6.08 Å². The molecule has 0 radical (unpaired) electrons.